The van der Waals surface area contributed by atoms with Crippen LogP contribution in [0.2, 0.25) is 5.02 Å². The number of amides is 1. The van der Waals surface area contributed by atoms with Crippen LogP contribution < -0.4 is 5.32 Å². The van der Waals surface area contributed by atoms with Crippen molar-refractivity contribution in [3.05, 3.63) is 58.9 Å². The van der Waals surface area contributed by atoms with E-state index >= 15 is 0 Å². The molecule has 0 spiro atoms. The first-order valence-corrected chi connectivity index (χ1v) is 8.48. The van der Waals surface area contributed by atoms with Crippen molar-refractivity contribution in [1.29, 1.82) is 0 Å². The van der Waals surface area contributed by atoms with Crippen molar-refractivity contribution in [2.75, 3.05) is 19.6 Å². The number of carbonyl (C=O) groups excluding carboxylic acids is 1. The number of hydrogen-bond acceptors (Lipinski definition) is 2. The molecule has 2 heterocycles. The van der Waals surface area contributed by atoms with Crippen LogP contribution in [0.15, 0.2) is 42.6 Å². The fourth-order valence-corrected chi connectivity index (χ4v) is 3.36. The molecule has 1 aliphatic rings. The summed E-state index contributed by atoms with van der Waals surface area (Å²) in [5.74, 6) is 0.0823. The second kappa shape index (κ2) is 7.20. The third-order valence-corrected chi connectivity index (χ3v) is 4.46. The van der Waals surface area contributed by atoms with Gasteiger partial charge in [-0.3, -0.25) is 9.69 Å². The zero-order chi connectivity index (χ0) is 16.2. The Morgan fingerprint density at radius 3 is 2.96 bits per heavy atom. The molecule has 23 heavy (non-hydrogen) atoms. The minimum Gasteiger partial charge on any atom is -0.355 e. The highest BCUT2D eigenvalue weighted by Gasteiger charge is 2.30. The van der Waals surface area contributed by atoms with E-state index < -0.39 is 0 Å². The highest BCUT2D eigenvalue weighted by Crippen LogP contribution is 2.33. The molecule has 5 heteroatoms. The van der Waals surface area contributed by atoms with Gasteiger partial charge in [0.15, 0.2) is 0 Å². The van der Waals surface area contributed by atoms with E-state index in [1.54, 1.807) is 0 Å². The van der Waals surface area contributed by atoms with Gasteiger partial charge >= 0.3 is 0 Å². The second-order valence-corrected chi connectivity index (χ2v) is 6.34. The summed E-state index contributed by atoms with van der Waals surface area (Å²) in [4.78, 5) is 14.4. The molecule has 0 radical (unpaired) electrons. The number of aromatic nitrogens is 1. The monoisotopic (exact) mass is 331 g/mol. The topological polar surface area (TPSA) is 37.3 Å². The van der Waals surface area contributed by atoms with Gasteiger partial charge in [-0.1, -0.05) is 30.7 Å². The van der Waals surface area contributed by atoms with Gasteiger partial charge in [-0.2, -0.15) is 0 Å². The van der Waals surface area contributed by atoms with Crippen LogP contribution in [0, 0.1) is 0 Å². The lowest BCUT2D eigenvalue weighted by Crippen LogP contribution is -2.44. The van der Waals surface area contributed by atoms with Gasteiger partial charge in [0.1, 0.15) is 0 Å². The molecule has 4 nitrogen and oxygen atoms in total. The second-order valence-electron chi connectivity index (χ2n) is 5.90. The molecule has 2 aromatic rings. The van der Waals surface area contributed by atoms with E-state index in [4.69, 9.17) is 11.6 Å². The lowest BCUT2D eigenvalue weighted by Gasteiger charge is -2.37. The summed E-state index contributed by atoms with van der Waals surface area (Å²) in [6.45, 7) is 4.94. The van der Waals surface area contributed by atoms with Crippen LogP contribution >= 0.6 is 11.6 Å². The highest BCUT2D eigenvalue weighted by atomic mass is 35.5. The van der Waals surface area contributed by atoms with Crippen molar-refractivity contribution >= 4 is 17.5 Å². The molecule has 3 rings (SSSR count). The summed E-state index contributed by atoms with van der Waals surface area (Å²) in [5, 5.41) is 3.69. The Labute approximate surface area is 142 Å². The summed E-state index contributed by atoms with van der Waals surface area (Å²) in [7, 11) is 0. The minimum atomic E-state index is 0.0600. The Morgan fingerprint density at radius 2 is 2.17 bits per heavy atom. The number of hydrogen-bond donors (Lipinski definition) is 1. The maximum absolute atomic E-state index is 12.2. The lowest BCUT2D eigenvalue weighted by molar-refractivity contribution is -0.122. The first-order chi connectivity index (χ1) is 11.2. The fraction of sp³-hybridized carbons (Fsp3) is 0.389. The van der Waals surface area contributed by atoms with Crippen LogP contribution in [0.25, 0.3) is 0 Å². The van der Waals surface area contributed by atoms with E-state index in [1.165, 1.54) is 5.69 Å². The number of halogens is 1. The van der Waals surface area contributed by atoms with Crippen LogP contribution in [0.4, 0.5) is 0 Å². The zero-order valence-electron chi connectivity index (χ0n) is 13.3. The Bertz CT molecular complexity index is 682. The average molecular weight is 332 g/mol. The molecule has 0 bridgehead atoms. The average Bonchev–Trinajstić information content (AvgIpc) is 3.01. The first kappa shape index (κ1) is 16.1. The Kier molecular flexibility index (Phi) is 5.03. The number of nitrogens with zero attached hydrogens (tertiary/aromatic N) is 2. The van der Waals surface area contributed by atoms with Crippen LogP contribution in [0.3, 0.4) is 0 Å². The molecule has 0 saturated carbocycles. The van der Waals surface area contributed by atoms with E-state index in [9.17, 15) is 4.79 Å². The molecule has 1 aromatic carbocycles. The van der Waals surface area contributed by atoms with E-state index in [0.717, 1.165) is 36.6 Å². The van der Waals surface area contributed by atoms with Crippen molar-refractivity contribution in [1.82, 2.24) is 14.8 Å². The quantitative estimate of drug-likeness (QED) is 0.914. The standard InChI is InChI=1S/C18H22ClN3O/c1-2-8-20-17(23)13-22-11-10-21-9-4-7-16(21)18(22)14-5-3-6-15(19)12-14/h3-7,9,12,18H,2,8,10-11,13H2,1H3,(H,20,23)/t18-/m0/s1. The number of nitrogens with one attached hydrogen (secondary N) is 1. The summed E-state index contributed by atoms with van der Waals surface area (Å²) in [6, 6.07) is 12.2. The smallest absolute Gasteiger partial charge is 0.234 e. The van der Waals surface area contributed by atoms with Gasteiger partial charge < -0.3 is 9.88 Å². The molecule has 0 unspecified atom stereocenters. The van der Waals surface area contributed by atoms with E-state index in [0.29, 0.717) is 6.54 Å². The molecule has 122 valence electrons. The van der Waals surface area contributed by atoms with Crippen molar-refractivity contribution < 1.29 is 4.79 Å². The Balaban J connectivity index is 1.88. The molecular formula is C18H22ClN3O. The van der Waals surface area contributed by atoms with E-state index in [2.05, 4.69) is 46.1 Å². The van der Waals surface area contributed by atoms with E-state index in [-0.39, 0.29) is 11.9 Å². The van der Waals surface area contributed by atoms with Gasteiger partial charge in [0.2, 0.25) is 5.91 Å². The summed E-state index contributed by atoms with van der Waals surface area (Å²) in [5.41, 5.74) is 2.34. The molecule has 1 amide bonds. The van der Waals surface area contributed by atoms with Crippen molar-refractivity contribution in [3.8, 4) is 0 Å². The molecule has 1 atom stereocenters. The molecule has 0 saturated heterocycles. The molecule has 0 aliphatic carbocycles. The minimum absolute atomic E-state index is 0.0600. The maximum atomic E-state index is 12.2. The molecule has 1 N–H and O–H groups in total. The van der Waals surface area contributed by atoms with Gasteiger partial charge in [0.25, 0.3) is 0 Å². The first-order valence-electron chi connectivity index (χ1n) is 8.10. The summed E-state index contributed by atoms with van der Waals surface area (Å²) < 4.78 is 2.26. The number of fused-ring (bicyclic) bond motifs is 1. The zero-order valence-corrected chi connectivity index (χ0v) is 14.1. The number of benzene rings is 1. The SMILES string of the molecule is CCCNC(=O)CN1CCn2cccc2[C@@H]1c1cccc(Cl)c1. The van der Waals surface area contributed by atoms with Crippen molar-refractivity contribution in [2.24, 2.45) is 0 Å². The van der Waals surface area contributed by atoms with E-state index in [1.807, 2.05) is 18.2 Å². The van der Waals surface area contributed by atoms with Gasteiger partial charge in [0, 0.05) is 36.5 Å². The normalized spacial score (nSPS) is 17.7. The highest BCUT2D eigenvalue weighted by molar-refractivity contribution is 6.30. The molecule has 0 fully saturated rings. The number of rotatable bonds is 5. The van der Waals surface area contributed by atoms with Gasteiger partial charge in [-0.15, -0.1) is 0 Å². The van der Waals surface area contributed by atoms with Gasteiger partial charge in [0.05, 0.1) is 12.6 Å². The maximum Gasteiger partial charge on any atom is 0.234 e. The van der Waals surface area contributed by atoms with Crippen LogP contribution in [0.5, 0.6) is 0 Å². The fourth-order valence-electron chi connectivity index (χ4n) is 3.16. The Hall–Kier alpha value is -1.78. The molecule has 1 aliphatic heterocycles. The largest absolute Gasteiger partial charge is 0.355 e. The summed E-state index contributed by atoms with van der Waals surface area (Å²) in [6.07, 6.45) is 3.05. The Morgan fingerprint density at radius 1 is 1.30 bits per heavy atom. The molecule has 1 aromatic heterocycles. The third kappa shape index (κ3) is 3.59. The summed E-state index contributed by atoms with van der Waals surface area (Å²) >= 11 is 6.18. The van der Waals surface area contributed by atoms with Gasteiger partial charge in [-0.25, -0.2) is 0 Å². The predicted octanol–water partition coefficient (Wildman–Crippen LogP) is 3.07. The predicted molar refractivity (Wildman–Crippen MR) is 92.6 cm³/mol. The molecular weight excluding hydrogens is 310 g/mol. The van der Waals surface area contributed by atoms with Crippen LogP contribution in [0.1, 0.15) is 30.6 Å². The lowest BCUT2D eigenvalue weighted by atomic mass is 10.00. The number of carbonyl (C=O) groups is 1. The van der Waals surface area contributed by atoms with Crippen molar-refractivity contribution in [2.45, 2.75) is 25.9 Å². The van der Waals surface area contributed by atoms with Crippen LogP contribution in [-0.2, 0) is 11.3 Å². The van der Waals surface area contributed by atoms with Crippen LogP contribution in [-0.4, -0.2) is 35.0 Å². The van der Waals surface area contributed by atoms with Crippen molar-refractivity contribution in [3.63, 3.8) is 0 Å². The van der Waals surface area contributed by atoms with Gasteiger partial charge in [-0.05, 0) is 36.2 Å². The third-order valence-electron chi connectivity index (χ3n) is 4.22.